The van der Waals surface area contributed by atoms with Crippen molar-refractivity contribution < 1.29 is 4.79 Å². The molecule has 0 aliphatic heterocycles. The summed E-state index contributed by atoms with van der Waals surface area (Å²) < 4.78 is 0. The van der Waals surface area contributed by atoms with E-state index in [1.165, 1.54) is 0 Å². The van der Waals surface area contributed by atoms with Crippen molar-refractivity contribution in [3.63, 3.8) is 0 Å². The minimum absolute atomic E-state index is 0. The van der Waals surface area contributed by atoms with E-state index in [-0.39, 0.29) is 16.8 Å². The van der Waals surface area contributed by atoms with Gasteiger partial charge in [0.25, 0.3) is 0 Å². The Morgan fingerprint density at radius 1 is 0.765 bits per heavy atom. The number of hydrogen-bond acceptors (Lipinski definition) is 1. The fourth-order valence-corrected chi connectivity index (χ4v) is 0.906. The van der Waals surface area contributed by atoms with Gasteiger partial charge in [0.2, 0.25) is 0 Å². The van der Waals surface area contributed by atoms with Gasteiger partial charge >= 0.3 is 0 Å². The minimum atomic E-state index is 0. The van der Waals surface area contributed by atoms with Crippen molar-refractivity contribution in [2.24, 2.45) is 0 Å². The van der Waals surface area contributed by atoms with E-state index in [2.05, 4.69) is 24.3 Å². The molecular weight excluding hydrogens is 206 g/mol. The Labute approximate surface area is 111 Å². The molecule has 0 spiro atoms. The Bertz CT molecular complexity index is 198. The van der Waals surface area contributed by atoms with Crippen molar-refractivity contribution in [1.29, 1.82) is 0 Å². The zero-order valence-electron chi connectivity index (χ0n) is 11.6. The highest BCUT2D eigenvalue weighted by Crippen LogP contribution is 2.00. The molecule has 2 rings (SSSR count). The highest BCUT2D eigenvalue weighted by molar-refractivity contribution is 5.83. The van der Waals surface area contributed by atoms with Crippen molar-refractivity contribution in [3.8, 4) is 0 Å². The topological polar surface area (TPSA) is 17.1 Å². The Morgan fingerprint density at radius 3 is 1.24 bits per heavy atom. The monoisotopic (exact) mass is 230 g/mol. The van der Waals surface area contributed by atoms with Crippen LogP contribution in [-0.2, 0) is 4.79 Å². The fourth-order valence-electron chi connectivity index (χ4n) is 0.906. The molecule has 0 bridgehead atoms. The number of Topliss-reactive ketones (excluding diaryl/α,β-unsaturated/α-hetero) is 1. The Morgan fingerprint density at radius 2 is 1.12 bits per heavy atom. The molecule has 0 aromatic rings. The molecule has 3 heteroatoms. The quantitative estimate of drug-likeness (QED) is 0.458. The number of rotatable bonds is 0. The lowest BCUT2D eigenvalue weighted by Gasteiger charge is -1.72. The van der Waals surface area contributed by atoms with E-state index in [1.807, 2.05) is 39.8 Å². The van der Waals surface area contributed by atoms with Gasteiger partial charge in [0.1, 0.15) is 5.78 Å². The van der Waals surface area contributed by atoms with Crippen LogP contribution in [0.5, 0.6) is 0 Å². The molecule has 0 saturated heterocycles. The zero-order valence-corrected chi connectivity index (χ0v) is 11.6. The normalized spacial score (nSPS) is 12.8. The van der Waals surface area contributed by atoms with Gasteiger partial charge < -0.3 is 0 Å². The summed E-state index contributed by atoms with van der Waals surface area (Å²) in [6, 6.07) is 0. The predicted molar refractivity (Wildman–Crippen MR) is 80.5 cm³/mol. The second kappa shape index (κ2) is 24.3. The van der Waals surface area contributed by atoms with Gasteiger partial charge in [-0.15, -0.1) is 0 Å². The molecule has 0 amide bonds. The second-order valence-electron chi connectivity index (χ2n) is 2.51. The van der Waals surface area contributed by atoms with E-state index < -0.39 is 0 Å². The third-order valence-corrected chi connectivity index (χ3v) is 1.51. The van der Waals surface area contributed by atoms with Crippen LogP contribution in [0.15, 0.2) is 36.5 Å². The number of carbonyl (C=O) groups excluding carboxylic acids is 1. The first kappa shape index (κ1) is 25.0. The predicted octanol–water partition coefficient (Wildman–Crippen LogP) is 3.70. The maximum Gasteiger partial charge on any atom is 0.140 e. The van der Waals surface area contributed by atoms with Crippen LogP contribution >= 0.6 is 0 Å². The average Bonchev–Trinajstić information content (AvgIpc) is 2.98. The van der Waals surface area contributed by atoms with Crippen molar-refractivity contribution in [2.45, 2.75) is 47.0 Å². The highest BCUT2D eigenvalue weighted by Gasteiger charge is 1.99. The van der Waals surface area contributed by atoms with Crippen molar-refractivity contribution in [2.75, 3.05) is 0 Å². The Kier molecular flexibility index (Phi) is 35.8. The molecule has 92 valence electrons. The number of allylic oxidation sites excluding steroid dienone is 6. The van der Waals surface area contributed by atoms with Crippen LogP contribution in [0.4, 0.5) is 0 Å². The van der Waals surface area contributed by atoms with Crippen LogP contribution < -0.4 is 0 Å². The molecule has 0 saturated carbocycles. The molecule has 0 aromatic carbocycles. The minimum Gasteiger partial charge on any atom is -0.299 e. The molecule has 0 aromatic heterocycles. The molecule has 1 nitrogen and oxygen atoms in total. The maximum absolute atomic E-state index is 10.2. The first-order valence-electron chi connectivity index (χ1n) is 5.88. The van der Waals surface area contributed by atoms with Crippen LogP contribution in [-0.4, -0.2) is 22.6 Å². The van der Waals surface area contributed by atoms with Gasteiger partial charge in [0.05, 0.1) is 0 Å². The molecule has 0 unspecified atom stereocenters. The van der Waals surface area contributed by atoms with Gasteiger partial charge in [0, 0.05) is 29.7 Å². The lowest BCUT2D eigenvalue weighted by molar-refractivity contribution is -0.116. The standard InChI is InChI=1S/C5H6O.C5H6.2C2H6.2B/c6-5-3-1-2-4-5;1-2-4-5-3-1;2*1-2;;/h1-2H,3-4H2;1-4H,5H2;2*1-2H3;;. The highest BCUT2D eigenvalue weighted by atomic mass is 16.1. The Balaban J connectivity index is -0.0000000712. The van der Waals surface area contributed by atoms with E-state index in [4.69, 9.17) is 0 Å². The maximum atomic E-state index is 10.2. The summed E-state index contributed by atoms with van der Waals surface area (Å²) in [5.74, 6) is 0.343. The largest absolute Gasteiger partial charge is 0.299 e. The van der Waals surface area contributed by atoms with Gasteiger partial charge in [-0.25, -0.2) is 0 Å². The molecule has 0 heterocycles. The molecular formula is C14H24B2O. The van der Waals surface area contributed by atoms with Gasteiger partial charge in [-0.1, -0.05) is 64.2 Å². The van der Waals surface area contributed by atoms with E-state index >= 15 is 0 Å². The first-order valence-corrected chi connectivity index (χ1v) is 5.88. The number of hydrogen-bond donors (Lipinski definition) is 0. The lowest BCUT2D eigenvalue weighted by Crippen LogP contribution is -1.83. The first-order chi connectivity index (χ1) is 7.39. The third kappa shape index (κ3) is 21.0. The van der Waals surface area contributed by atoms with E-state index in [1.54, 1.807) is 0 Å². The summed E-state index contributed by atoms with van der Waals surface area (Å²) in [7, 11) is 0. The lowest BCUT2D eigenvalue weighted by atomic mass is 10.3. The summed E-state index contributed by atoms with van der Waals surface area (Å²) in [6.07, 6.45) is 14.6. The number of ketones is 1. The summed E-state index contributed by atoms with van der Waals surface area (Å²) in [5, 5.41) is 0. The molecule has 6 radical (unpaired) electrons. The molecule has 0 atom stereocenters. The second-order valence-corrected chi connectivity index (χ2v) is 2.51. The van der Waals surface area contributed by atoms with Crippen molar-refractivity contribution in [3.05, 3.63) is 36.5 Å². The summed E-state index contributed by atoms with van der Waals surface area (Å²) in [4.78, 5) is 10.2. The van der Waals surface area contributed by atoms with Crippen molar-refractivity contribution >= 4 is 22.6 Å². The van der Waals surface area contributed by atoms with Gasteiger partial charge in [-0.3, -0.25) is 4.79 Å². The molecule has 2 aliphatic rings. The molecule has 0 fully saturated rings. The van der Waals surface area contributed by atoms with Crippen LogP contribution in [0.25, 0.3) is 0 Å². The third-order valence-electron chi connectivity index (χ3n) is 1.51. The summed E-state index contributed by atoms with van der Waals surface area (Å²) in [6.45, 7) is 8.00. The van der Waals surface area contributed by atoms with E-state index in [0.717, 1.165) is 6.42 Å². The smallest absolute Gasteiger partial charge is 0.140 e. The van der Waals surface area contributed by atoms with E-state index in [9.17, 15) is 4.79 Å². The van der Waals surface area contributed by atoms with Crippen molar-refractivity contribution in [1.82, 2.24) is 0 Å². The van der Waals surface area contributed by atoms with Gasteiger partial charge in [-0.05, 0) is 6.42 Å². The van der Waals surface area contributed by atoms with Crippen LogP contribution in [0.3, 0.4) is 0 Å². The van der Waals surface area contributed by atoms with Gasteiger partial charge in [0.15, 0.2) is 0 Å². The Hall–Kier alpha value is -0.980. The van der Waals surface area contributed by atoms with Crippen LogP contribution in [0.2, 0.25) is 0 Å². The average molecular weight is 230 g/mol. The fraction of sp³-hybridized carbons (Fsp3) is 0.500. The van der Waals surface area contributed by atoms with Crippen LogP contribution in [0.1, 0.15) is 47.0 Å². The summed E-state index contributed by atoms with van der Waals surface area (Å²) in [5.41, 5.74) is 0. The number of carbonyl (C=O) groups is 1. The molecule has 2 aliphatic carbocycles. The van der Waals surface area contributed by atoms with E-state index in [0.29, 0.717) is 18.6 Å². The SMILES string of the molecule is C1=CCC=C1.CC.CC.O=C1CC=CC1.[B].[B]. The molecule has 17 heavy (non-hydrogen) atoms. The summed E-state index contributed by atoms with van der Waals surface area (Å²) >= 11 is 0. The van der Waals surface area contributed by atoms with Crippen LogP contribution in [0, 0.1) is 0 Å². The molecule has 0 N–H and O–H groups in total. The zero-order chi connectivity index (χ0) is 11.9. The van der Waals surface area contributed by atoms with Gasteiger partial charge in [-0.2, -0.15) is 0 Å².